The molecule has 2 rings (SSSR count). The first kappa shape index (κ1) is 16.0. The number of halogens is 1. The minimum atomic E-state index is -4.01. The van der Waals surface area contributed by atoms with Gasteiger partial charge < -0.3 is 5.32 Å². The number of primary sulfonamides is 1. The van der Waals surface area contributed by atoms with E-state index in [1.807, 2.05) is 0 Å². The third kappa shape index (κ3) is 3.65. The fourth-order valence-electron chi connectivity index (χ4n) is 1.78. The van der Waals surface area contributed by atoms with Gasteiger partial charge in [0.25, 0.3) is 5.91 Å². The van der Waals surface area contributed by atoms with Crippen molar-refractivity contribution in [3.8, 4) is 0 Å². The van der Waals surface area contributed by atoms with Gasteiger partial charge in [-0.3, -0.25) is 9.48 Å². The van der Waals surface area contributed by atoms with Crippen LogP contribution in [0.4, 0.5) is 4.39 Å². The first-order valence-electron chi connectivity index (χ1n) is 6.22. The van der Waals surface area contributed by atoms with E-state index in [2.05, 4.69) is 15.4 Å². The van der Waals surface area contributed by atoms with Gasteiger partial charge in [0.1, 0.15) is 18.0 Å². The maximum absolute atomic E-state index is 13.7. The van der Waals surface area contributed by atoms with Crippen molar-refractivity contribution < 1.29 is 17.6 Å². The summed E-state index contributed by atoms with van der Waals surface area (Å²) in [6.45, 7) is 0.199. The van der Waals surface area contributed by atoms with Gasteiger partial charge in [0, 0.05) is 20.0 Å². The van der Waals surface area contributed by atoms with Crippen molar-refractivity contribution in [2.75, 3.05) is 6.54 Å². The van der Waals surface area contributed by atoms with Crippen molar-refractivity contribution in [1.82, 2.24) is 20.1 Å². The lowest BCUT2D eigenvalue weighted by Crippen LogP contribution is -2.27. The fourth-order valence-corrected chi connectivity index (χ4v) is 2.32. The first-order chi connectivity index (χ1) is 10.3. The van der Waals surface area contributed by atoms with Gasteiger partial charge >= 0.3 is 0 Å². The SMILES string of the molecule is Cn1ncnc1CCNC(=O)c1cc(S(N)(=O)=O)ccc1F. The highest BCUT2D eigenvalue weighted by molar-refractivity contribution is 7.89. The normalized spacial score (nSPS) is 11.4. The van der Waals surface area contributed by atoms with Crippen molar-refractivity contribution in [2.45, 2.75) is 11.3 Å². The van der Waals surface area contributed by atoms with Crippen LogP contribution in [-0.2, 0) is 23.5 Å². The van der Waals surface area contributed by atoms with Crippen molar-refractivity contribution in [1.29, 1.82) is 0 Å². The van der Waals surface area contributed by atoms with Gasteiger partial charge in [0.15, 0.2) is 0 Å². The van der Waals surface area contributed by atoms with E-state index in [4.69, 9.17) is 5.14 Å². The molecule has 0 saturated heterocycles. The Kier molecular flexibility index (Phi) is 4.52. The van der Waals surface area contributed by atoms with E-state index in [1.165, 1.54) is 6.33 Å². The zero-order chi connectivity index (χ0) is 16.3. The highest BCUT2D eigenvalue weighted by Gasteiger charge is 2.16. The molecule has 2 aromatic rings. The molecule has 0 aliphatic heterocycles. The van der Waals surface area contributed by atoms with Crippen LogP contribution in [0.1, 0.15) is 16.2 Å². The van der Waals surface area contributed by atoms with Crippen LogP contribution in [0.25, 0.3) is 0 Å². The molecule has 0 radical (unpaired) electrons. The average molecular weight is 327 g/mol. The summed E-state index contributed by atoms with van der Waals surface area (Å²) in [6.07, 6.45) is 1.78. The molecule has 1 aromatic heterocycles. The van der Waals surface area contributed by atoms with Gasteiger partial charge in [-0.1, -0.05) is 0 Å². The Bertz CT molecular complexity index is 803. The third-order valence-electron chi connectivity index (χ3n) is 2.95. The number of aryl methyl sites for hydroxylation is 1. The zero-order valence-electron chi connectivity index (χ0n) is 11.7. The summed E-state index contributed by atoms with van der Waals surface area (Å²) >= 11 is 0. The molecular weight excluding hydrogens is 313 g/mol. The monoisotopic (exact) mass is 327 g/mol. The maximum Gasteiger partial charge on any atom is 0.254 e. The van der Waals surface area contributed by atoms with Gasteiger partial charge in [0.2, 0.25) is 10.0 Å². The quantitative estimate of drug-likeness (QED) is 0.772. The number of nitrogens with zero attached hydrogens (tertiary/aromatic N) is 3. The summed E-state index contributed by atoms with van der Waals surface area (Å²) in [5.74, 6) is -0.909. The highest BCUT2D eigenvalue weighted by atomic mass is 32.2. The van der Waals surface area contributed by atoms with E-state index >= 15 is 0 Å². The van der Waals surface area contributed by atoms with Gasteiger partial charge in [-0.2, -0.15) is 5.10 Å². The Morgan fingerprint density at radius 2 is 2.18 bits per heavy atom. The smallest absolute Gasteiger partial charge is 0.254 e. The number of benzene rings is 1. The Balaban J connectivity index is 2.08. The van der Waals surface area contributed by atoms with Gasteiger partial charge in [-0.15, -0.1) is 0 Å². The van der Waals surface area contributed by atoms with E-state index < -0.39 is 21.7 Å². The molecule has 8 nitrogen and oxygen atoms in total. The first-order valence-corrected chi connectivity index (χ1v) is 7.77. The summed E-state index contributed by atoms with van der Waals surface area (Å²) in [4.78, 5) is 15.6. The standard InChI is InChI=1S/C12H14FN5O3S/c1-18-11(16-7-17-18)4-5-15-12(19)9-6-8(22(14,20)21)2-3-10(9)13/h2-3,6-7H,4-5H2,1H3,(H,15,19)(H2,14,20,21). The average Bonchev–Trinajstić information content (AvgIpc) is 2.83. The number of nitrogens with one attached hydrogen (secondary N) is 1. The number of sulfonamides is 1. The molecule has 0 bridgehead atoms. The molecule has 3 N–H and O–H groups in total. The number of carbonyl (C=O) groups is 1. The van der Waals surface area contributed by atoms with E-state index in [9.17, 15) is 17.6 Å². The second-order valence-electron chi connectivity index (χ2n) is 4.49. The molecule has 0 spiro atoms. The molecule has 1 heterocycles. The van der Waals surface area contributed by atoms with Crippen molar-refractivity contribution in [3.63, 3.8) is 0 Å². The number of hydrogen-bond donors (Lipinski definition) is 2. The highest BCUT2D eigenvalue weighted by Crippen LogP contribution is 2.14. The van der Waals surface area contributed by atoms with Gasteiger partial charge in [-0.05, 0) is 18.2 Å². The number of amides is 1. The molecule has 10 heteroatoms. The zero-order valence-corrected chi connectivity index (χ0v) is 12.5. The van der Waals surface area contributed by atoms with E-state index in [0.29, 0.717) is 12.2 Å². The van der Waals surface area contributed by atoms with Crippen LogP contribution in [0, 0.1) is 5.82 Å². The van der Waals surface area contributed by atoms with E-state index in [1.54, 1.807) is 11.7 Å². The van der Waals surface area contributed by atoms with Crippen LogP contribution in [0.2, 0.25) is 0 Å². The molecule has 0 saturated carbocycles. The number of aromatic nitrogens is 3. The summed E-state index contributed by atoms with van der Waals surface area (Å²) in [7, 11) is -2.30. The maximum atomic E-state index is 13.7. The minimum Gasteiger partial charge on any atom is -0.351 e. The summed E-state index contributed by atoms with van der Waals surface area (Å²) in [5, 5.41) is 11.3. The van der Waals surface area contributed by atoms with Crippen molar-refractivity contribution in [3.05, 3.63) is 41.7 Å². The molecule has 0 unspecified atom stereocenters. The second kappa shape index (κ2) is 6.20. The van der Waals surface area contributed by atoms with Crippen LogP contribution in [0.5, 0.6) is 0 Å². The van der Waals surface area contributed by atoms with Crippen LogP contribution in [-0.4, -0.2) is 35.6 Å². The number of hydrogen-bond acceptors (Lipinski definition) is 5. The Hall–Kier alpha value is -2.33. The van der Waals surface area contributed by atoms with Crippen molar-refractivity contribution >= 4 is 15.9 Å². The van der Waals surface area contributed by atoms with Crippen LogP contribution in [0.3, 0.4) is 0 Å². The third-order valence-corrected chi connectivity index (χ3v) is 3.86. The lowest BCUT2D eigenvalue weighted by Gasteiger charge is -2.07. The minimum absolute atomic E-state index is 0.199. The van der Waals surface area contributed by atoms with Crippen LogP contribution < -0.4 is 10.5 Å². The molecule has 0 fully saturated rings. The van der Waals surface area contributed by atoms with E-state index in [0.717, 1.165) is 18.2 Å². The molecule has 0 aliphatic carbocycles. The molecule has 0 atom stereocenters. The van der Waals surface area contributed by atoms with Gasteiger partial charge in [-0.25, -0.2) is 22.9 Å². The van der Waals surface area contributed by atoms with Crippen molar-refractivity contribution in [2.24, 2.45) is 12.2 Å². The second-order valence-corrected chi connectivity index (χ2v) is 6.05. The molecule has 0 aliphatic rings. The Morgan fingerprint density at radius 1 is 1.45 bits per heavy atom. The largest absolute Gasteiger partial charge is 0.351 e. The summed E-state index contributed by atoms with van der Waals surface area (Å²) < 4.78 is 37.7. The molecule has 22 heavy (non-hydrogen) atoms. The lowest BCUT2D eigenvalue weighted by atomic mass is 10.2. The Labute approximate surface area is 126 Å². The molecule has 118 valence electrons. The van der Waals surface area contributed by atoms with Gasteiger partial charge in [0.05, 0.1) is 10.5 Å². The summed E-state index contributed by atoms with van der Waals surface area (Å²) in [5.41, 5.74) is -0.385. The predicted octanol–water partition coefficient (Wildman–Crippen LogP) is -0.426. The Morgan fingerprint density at radius 3 is 2.77 bits per heavy atom. The van der Waals surface area contributed by atoms with Crippen LogP contribution >= 0.6 is 0 Å². The van der Waals surface area contributed by atoms with Crippen LogP contribution in [0.15, 0.2) is 29.4 Å². The lowest BCUT2D eigenvalue weighted by molar-refractivity contribution is 0.0949. The predicted molar refractivity (Wildman–Crippen MR) is 74.8 cm³/mol. The topological polar surface area (TPSA) is 120 Å². The number of nitrogens with two attached hydrogens (primary N) is 1. The van der Waals surface area contributed by atoms with E-state index in [-0.39, 0.29) is 17.0 Å². The molecular formula is C12H14FN5O3S. The molecule has 1 amide bonds. The number of carbonyl (C=O) groups excluding carboxylic acids is 1. The fraction of sp³-hybridized carbons (Fsp3) is 0.250. The summed E-state index contributed by atoms with van der Waals surface area (Å²) in [6, 6.07) is 2.79. The number of rotatable bonds is 5. The molecule has 1 aromatic carbocycles.